The lowest BCUT2D eigenvalue weighted by molar-refractivity contribution is -0.135. The SMILES string of the molecule is O=C(C1CC(=O)N(c2ccccc2F)C1)N1CCCOCC1. The number of rotatable bonds is 2. The lowest BCUT2D eigenvalue weighted by Crippen LogP contribution is -2.39. The summed E-state index contributed by atoms with van der Waals surface area (Å²) in [5.41, 5.74) is 0.252. The summed E-state index contributed by atoms with van der Waals surface area (Å²) in [5, 5.41) is 0. The highest BCUT2D eigenvalue weighted by Crippen LogP contribution is 2.28. The lowest BCUT2D eigenvalue weighted by atomic mass is 10.1. The van der Waals surface area contributed by atoms with E-state index < -0.39 is 11.7 Å². The predicted molar refractivity (Wildman–Crippen MR) is 78.9 cm³/mol. The van der Waals surface area contributed by atoms with Crippen molar-refractivity contribution in [2.75, 3.05) is 37.7 Å². The maximum Gasteiger partial charge on any atom is 0.228 e. The molecule has 5 nitrogen and oxygen atoms in total. The van der Waals surface area contributed by atoms with Gasteiger partial charge in [0.15, 0.2) is 0 Å². The summed E-state index contributed by atoms with van der Waals surface area (Å²) in [6.45, 7) is 2.65. The summed E-state index contributed by atoms with van der Waals surface area (Å²) in [6.07, 6.45) is 0.952. The molecule has 3 rings (SSSR count). The highest BCUT2D eigenvalue weighted by atomic mass is 19.1. The molecule has 0 aromatic heterocycles. The smallest absolute Gasteiger partial charge is 0.228 e. The van der Waals surface area contributed by atoms with Crippen molar-refractivity contribution in [2.24, 2.45) is 5.92 Å². The second-order valence-corrected chi connectivity index (χ2v) is 5.65. The Kier molecular flexibility index (Phi) is 4.38. The van der Waals surface area contributed by atoms with Crippen LogP contribution >= 0.6 is 0 Å². The molecule has 2 saturated heterocycles. The number of ether oxygens (including phenoxy) is 1. The quantitative estimate of drug-likeness (QED) is 0.830. The molecule has 0 saturated carbocycles. The van der Waals surface area contributed by atoms with Gasteiger partial charge in [-0.1, -0.05) is 12.1 Å². The molecule has 1 unspecified atom stereocenters. The van der Waals surface area contributed by atoms with Crippen LogP contribution in [0.2, 0.25) is 0 Å². The fourth-order valence-electron chi connectivity index (χ4n) is 3.00. The van der Waals surface area contributed by atoms with E-state index in [1.165, 1.54) is 11.0 Å². The third-order valence-electron chi connectivity index (χ3n) is 4.15. The van der Waals surface area contributed by atoms with Gasteiger partial charge in [0.1, 0.15) is 5.82 Å². The summed E-state index contributed by atoms with van der Waals surface area (Å²) in [5.74, 6) is -1.07. The highest BCUT2D eigenvalue weighted by Gasteiger charge is 2.38. The van der Waals surface area contributed by atoms with Gasteiger partial charge in [0, 0.05) is 32.7 Å². The van der Waals surface area contributed by atoms with Crippen molar-refractivity contribution in [2.45, 2.75) is 12.8 Å². The molecule has 6 heteroatoms. The van der Waals surface area contributed by atoms with Crippen LogP contribution in [-0.2, 0) is 14.3 Å². The average molecular weight is 306 g/mol. The normalized spacial score (nSPS) is 22.8. The van der Waals surface area contributed by atoms with E-state index in [-0.39, 0.29) is 30.5 Å². The fraction of sp³-hybridized carbons (Fsp3) is 0.500. The van der Waals surface area contributed by atoms with Crippen molar-refractivity contribution in [3.63, 3.8) is 0 Å². The van der Waals surface area contributed by atoms with Gasteiger partial charge in [-0.05, 0) is 18.6 Å². The molecule has 2 amide bonds. The van der Waals surface area contributed by atoms with Gasteiger partial charge in [0.05, 0.1) is 18.2 Å². The number of halogens is 1. The zero-order chi connectivity index (χ0) is 15.5. The van der Waals surface area contributed by atoms with Crippen LogP contribution in [0, 0.1) is 11.7 Å². The molecule has 118 valence electrons. The van der Waals surface area contributed by atoms with E-state index >= 15 is 0 Å². The van der Waals surface area contributed by atoms with E-state index in [0.717, 1.165) is 6.42 Å². The molecular weight excluding hydrogens is 287 g/mol. The first kappa shape index (κ1) is 15.0. The minimum atomic E-state index is -0.438. The molecular formula is C16H19FN2O3. The number of amides is 2. The summed E-state index contributed by atoms with van der Waals surface area (Å²) in [6, 6.07) is 6.16. The Morgan fingerprint density at radius 3 is 2.86 bits per heavy atom. The van der Waals surface area contributed by atoms with Gasteiger partial charge in [-0.3, -0.25) is 9.59 Å². The van der Waals surface area contributed by atoms with E-state index in [0.29, 0.717) is 26.3 Å². The maximum atomic E-state index is 13.8. The minimum absolute atomic E-state index is 0.0299. The van der Waals surface area contributed by atoms with Gasteiger partial charge in [-0.25, -0.2) is 4.39 Å². The topological polar surface area (TPSA) is 49.9 Å². The number of hydrogen-bond acceptors (Lipinski definition) is 3. The fourth-order valence-corrected chi connectivity index (χ4v) is 3.00. The van der Waals surface area contributed by atoms with Crippen LogP contribution in [0.15, 0.2) is 24.3 Å². The molecule has 1 aromatic rings. The second-order valence-electron chi connectivity index (χ2n) is 5.65. The number of nitrogens with zero attached hydrogens (tertiary/aromatic N) is 2. The minimum Gasteiger partial charge on any atom is -0.380 e. The first-order valence-corrected chi connectivity index (χ1v) is 7.58. The molecule has 2 aliphatic rings. The van der Waals surface area contributed by atoms with Crippen LogP contribution in [-0.4, -0.2) is 49.6 Å². The first-order valence-electron chi connectivity index (χ1n) is 7.58. The Labute approximate surface area is 128 Å². The zero-order valence-electron chi connectivity index (χ0n) is 12.3. The van der Waals surface area contributed by atoms with Gasteiger partial charge >= 0.3 is 0 Å². The van der Waals surface area contributed by atoms with Crippen LogP contribution in [0.3, 0.4) is 0 Å². The molecule has 1 aromatic carbocycles. The number of hydrogen-bond donors (Lipinski definition) is 0. The molecule has 0 spiro atoms. The predicted octanol–water partition coefficient (Wildman–Crippen LogP) is 1.43. The van der Waals surface area contributed by atoms with Gasteiger partial charge in [0.25, 0.3) is 0 Å². The van der Waals surface area contributed by atoms with E-state index in [4.69, 9.17) is 4.74 Å². The van der Waals surface area contributed by atoms with Crippen LogP contribution in [0.5, 0.6) is 0 Å². The molecule has 0 aliphatic carbocycles. The molecule has 0 bridgehead atoms. The molecule has 2 heterocycles. The Balaban J connectivity index is 1.71. The van der Waals surface area contributed by atoms with Crippen molar-refractivity contribution in [3.05, 3.63) is 30.1 Å². The van der Waals surface area contributed by atoms with Crippen LogP contribution < -0.4 is 4.90 Å². The van der Waals surface area contributed by atoms with Crippen molar-refractivity contribution in [3.8, 4) is 0 Å². The Morgan fingerprint density at radius 2 is 2.05 bits per heavy atom. The first-order chi connectivity index (χ1) is 10.7. The number of carbonyl (C=O) groups excluding carboxylic acids is 2. The van der Waals surface area contributed by atoms with Crippen LogP contribution in [0.1, 0.15) is 12.8 Å². The van der Waals surface area contributed by atoms with Crippen molar-refractivity contribution >= 4 is 17.5 Å². The Bertz CT molecular complexity index is 570. The van der Waals surface area contributed by atoms with E-state index in [2.05, 4.69) is 0 Å². The van der Waals surface area contributed by atoms with Crippen LogP contribution in [0.25, 0.3) is 0 Å². The molecule has 1 atom stereocenters. The molecule has 2 fully saturated rings. The maximum absolute atomic E-state index is 13.8. The second kappa shape index (κ2) is 6.44. The Morgan fingerprint density at radius 1 is 1.23 bits per heavy atom. The van der Waals surface area contributed by atoms with E-state index in [1.54, 1.807) is 23.1 Å². The van der Waals surface area contributed by atoms with Gasteiger partial charge in [-0.2, -0.15) is 0 Å². The van der Waals surface area contributed by atoms with Gasteiger partial charge in [0.2, 0.25) is 11.8 Å². The monoisotopic (exact) mass is 306 g/mol. The summed E-state index contributed by atoms with van der Waals surface area (Å²) in [7, 11) is 0. The summed E-state index contributed by atoms with van der Waals surface area (Å²) in [4.78, 5) is 27.9. The van der Waals surface area contributed by atoms with Crippen molar-refractivity contribution in [1.82, 2.24) is 4.90 Å². The number of para-hydroxylation sites is 1. The molecule has 2 aliphatic heterocycles. The third-order valence-corrected chi connectivity index (χ3v) is 4.15. The van der Waals surface area contributed by atoms with Crippen molar-refractivity contribution < 1.29 is 18.7 Å². The average Bonchev–Trinajstić information content (AvgIpc) is 2.74. The molecule has 22 heavy (non-hydrogen) atoms. The number of anilines is 1. The van der Waals surface area contributed by atoms with Gasteiger partial charge < -0.3 is 14.5 Å². The van der Waals surface area contributed by atoms with Crippen LogP contribution in [0.4, 0.5) is 10.1 Å². The summed E-state index contributed by atoms with van der Waals surface area (Å²) < 4.78 is 19.2. The van der Waals surface area contributed by atoms with Crippen molar-refractivity contribution in [1.29, 1.82) is 0 Å². The lowest BCUT2D eigenvalue weighted by Gasteiger charge is -2.23. The zero-order valence-corrected chi connectivity index (χ0v) is 12.3. The molecule has 0 N–H and O–H groups in total. The number of carbonyl (C=O) groups is 2. The van der Waals surface area contributed by atoms with E-state index in [1.807, 2.05) is 0 Å². The highest BCUT2D eigenvalue weighted by molar-refractivity contribution is 6.00. The molecule has 0 radical (unpaired) electrons. The summed E-state index contributed by atoms with van der Waals surface area (Å²) >= 11 is 0. The Hall–Kier alpha value is -1.95. The third kappa shape index (κ3) is 2.97. The largest absolute Gasteiger partial charge is 0.380 e. The standard InChI is InChI=1S/C16H19FN2O3/c17-13-4-1-2-5-14(13)19-11-12(10-15(19)20)16(21)18-6-3-8-22-9-7-18/h1-2,4-5,12H,3,6-11H2. The van der Waals surface area contributed by atoms with Gasteiger partial charge in [-0.15, -0.1) is 0 Å². The number of benzene rings is 1. The van der Waals surface area contributed by atoms with E-state index in [9.17, 15) is 14.0 Å².